The van der Waals surface area contributed by atoms with Gasteiger partial charge in [-0.05, 0) is 65.5 Å². The van der Waals surface area contributed by atoms with Crippen molar-refractivity contribution in [3.8, 4) is 0 Å². The molecule has 1 fully saturated rings. The fourth-order valence-electron chi connectivity index (χ4n) is 2.85. The molecule has 0 spiro atoms. The fraction of sp³-hybridized carbons (Fsp3) is 0.571. The first kappa shape index (κ1) is 16.2. The molecule has 2 rings (SSSR count). The van der Waals surface area contributed by atoms with Crippen LogP contribution in [0.3, 0.4) is 0 Å². The van der Waals surface area contributed by atoms with Gasteiger partial charge in [-0.1, -0.05) is 12.5 Å². The van der Waals surface area contributed by atoms with Gasteiger partial charge in [-0.25, -0.2) is 12.8 Å². The maximum absolute atomic E-state index is 13.1. The van der Waals surface area contributed by atoms with Crippen molar-refractivity contribution >= 4 is 32.4 Å². The third-order valence-corrected chi connectivity index (χ3v) is 6.57. The van der Waals surface area contributed by atoms with E-state index in [0.29, 0.717) is 22.0 Å². The number of benzene rings is 1. The summed E-state index contributed by atoms with van der Waals surface area (Å²) in [4.78, 5) is 0. The quantitative estimate of drug-likeness (QED) is 0.777. The lowest BCUT2D eigenvalue weighted by atomic mass is 9.82. The molecule has 1 aliphatic carbocycles. The molecule has 112 valence electrons. The average molecular weight is 412 g/mol. The summed E-state index contributed by atoms with van der Waals surface area (Å²) >= 11 is 2.00. The number of hydrogen-bond donors (Lipinski definition) is 1. The molecule has 0 saturated heterocycles. The van der Waals surface area contributed by atoms with E-state index in [-0.39, 0.29) is 17.0 Å². The van der Waals surface area contributed by atoms with E-state index in [4.69, 9.17) is 0 Å². The van der Waals surface area contributed by atoms with Crippen LogP contribution in [0.25, 0.3) is 0 Å². The molecule has 1 aromatic carbocycles. The summed E-state index contributed by atoms with van der Waals surface area (Å²) in [5, 5.41) is 10.1. The van der Waals surface area contributed by atoms with E-state index in [9.17, 15) is 17.9 Å². The molecule has 3 nitrogen and oxygen atoms in total. The van der Waals surface area contributed by atoms with E-state index in [1.165, 1.54) is 18.4 Å². The zero-order valence-electron chi connectivity index (χ0n) is 11.2. The highest BCUT2D eigenvalue weighted by atomic mass is 127. The molecule has 0 radical (unpaired) electrons. The van der Waals surface area contributed by atoms with Gasteiger partial charge in [0.05, 0.1) is 11.4 Å². The highest BCUT2D eigenvalue weighted by Gasteiger charge is 2.33. The molecule has 6 heteroatoms. The second-order valence-corrected chi connectivity index (χ2v) is 8.98. The van der Waals surface area contributed by atoms with Crippen LogP contribution in [0.1, 0.15) is 37.4 Å². The molecule has 1 aliphatic rings. The van der Waals surface area contributed by atoms with Gasteiger partial charge in [0, 0.05) is 9.83 Å². The Bertz CT molecular complexity index is 588. The van der Waals surface area contributed by atoms with Gasteiger partial charge in [0.2, 0.25) is 0 Å². The third-order valence-electron chi connectivity index (χ3n) is 4.00. The van der Waals surface area contributed by atoms with Crippen LogP contribution in [0.5, 0.6) is 0 Å². The Morgan fingerprint density at radius 1 is 1.40 bits per heavy atom. The maximum atomic E-state index is 13.1. The van der Waals surface area contributed by atoms with E-state index in [2.05, 4.69) is 0 Å². The average Bonchev–Trinajstić information content (AvgIpc) is 2.37. The van der Waals surface area contributed by atoms with E-state index >= 15 is 0 Å². The van der Waals surface area contributed by atoms with Crippen molar-refractivity contribution in [3.05, 3.63) is 33.1 Å². The van der Waals surface area contributed by atoms with Gasteiger partial charge in [0.1, 0.15) is 15.7 Å². The van der Waals surface area contributed by atoms with Crippen molar-refractivity contribution in [3.63, 3.8) is 0 Å². The Morgan fingerprint density at radius 2 is 2.10 bits per heavy atom. The fourth-order valence-corrected chi connectivity index (χ4v) is 4.84. The normalized spacial score (nSPS) is 25.4. The van der Waals surface area contributed by atoms with Crippen LogP contribution in [0.4, 0.5) is 4.39 Å². The second kappa shape index (κ2) is 6.27. The minimum absolute atomic E-state index is 0.0811. The highest BCUT2D eigenvalue weighted by Crippen LogP contribution is 2.38. The molecule has 1 N–H and O–H groups in total. The minimum Gasteiger partial charge on any atom is -0.388 e. The zero-order valence-corrected chi connectivity index (χ0v) is 14.2. The Kier molecular flexibility index (Phi) is 5.07. The van der Waals surface area contributed by atoms with E-state index in [1.54, 1.807) is 6.07 Å². The molecule has 20 heavy (non-hydrogen) atoms. The summed E-state index contributed by atoms with van der Waals surface area (Å²) in [6.45, 7) is 0. The van der Waals surface area contributed by atoms with Gasteiger partial charge in [0.25, 0.3) is 0 Å². The van der Waals surface area contributed by atoms with Crippen molar-refractivity contribution < 1.29 is 17.9 Å². The molecule has 3 atom stereocenters. The van der Waals surface area contributed by atoms with E-state index < -0.39 is 15.9 Å². The summed E-state index contributed by atoms with van der Waals surface area (Å²) in [6.07, 6.45) is 3.29. The topological polar surface area (TPSA) is 54.4 Å². The summed E-state index contributed by atoms with van der Waals surface area (Å²) in [7, 11) is -3.06. The Labute approximate surface area is 132 Å². The Morgan fingerprint density at radius 3 is 2.70 bits per heavy atom. The summed E-state index contributed by atoms with van der Waals surface area (Å²) in [5.74, 6) is -0.412. The predicted molar refractivity (Wildman–Crippen MR) is 84.7 cm³/mol. The van der Waals surface area contributed by atoms with Crippen molar-refractivity contribution in [2.45, 2.75) is 37.0 Å². The number of aliphatic hydroxyl groups is 1. The first-order valence-corrected chi connectivity index (χ1v) is 9.64. The van der Waals surface area contributed by atoms with Crippen LogP contribution in [0, 0.1) is 15.3 Å². The first-order valence-electron chi connectivity index (χ1n) is 6.61. The van der Waals surface area contributed by atoms with Crippen molar-refractivity contribution in [2.24, 2.45) is 5.92 Å². The molecular weight excluding hydrogens is 394 g/mol. The van der Waals surface area contributed by atoms with Crippen LogP contribution in [0.2, 0.25) is 0 Å². The predicted octanol–water partition coefficient (Wildman–Crippen LogP) is 3.07. The van der Waals surface area contributed by atoms with Crippen LogP contribution in [-0.4, -0.2) is 25.0 Å². The monoisotopic (exact) mass is 412 g/mol. The molecular formula is C14H18FIO3S. The summed E-state index contributed by atoms with van der Waals surface area (Å²) in [6, 6.07) is 4.30. The third kappa shape index (κ3) is 3.71. The van der Waals surface area contributed by atoms with Gasteiger partial charge in [-0.2, -0.15) is 0 Å². The SMILES string of the molecule is CS(=O)(=O)C1CCCC(C(O)c2ccc(F)cc2I)C1. The number of sulfone groups is 1. The van der Waals surface area contributed by atoms with Crippen LogP contribution in [-0.2, 0) is 9.84 Å². The lowest BCUT2D eigenvalue weighted by Crippen LogP contribution is -2.30. The Balaban J connectivity index is 2.18. The Hall–Kier alpha value is -0.210. The highest BCUT2D eigenvalue weighted by molar-refractivity contribution is 14.1. The molecule has 0 amide bonds. The van der Waals surface area contributed by atoms with Gasteiger partial charge in [-0.3, -0.25) is 0 Å². The standard InChI is InChI=1S/C14H18FIO3S/c1-20(18,19)11-4-2-3-9(7-11)14(17)12-6-5-10(15)8-13(12)16/h5-6,8-9,11,14,17H,2-4,7H2,1H3. The molecule has 1 saturated carbocycles. The van der Waals surface area contributed by atoms with Gasteiger partial charge >= 0.3 is 0 Å². The largest absolute Gasteiger partial charge is 0.388 e. The summed E-state index contributed by atoms with van der Waals surface area (Å²) in [5.41, 5.74) is 0.686. The minimum atomic E-state index is -3.06. The zero-order chi connectivity index (χ0) is 14.9. The molecule has 3 unspecified atom stereocenters. The van der Waals surface area contributed by atoms with Crippen molar-refractivity contribution in [2.75, 3.05) is 6.26 Å². The lowest BCUT2D eigenvalue weighted by Gasteiger charge is -2.31. The van der Waals surface area contributed by atoms with Crippen LogP contribution in [0.15, 0.2) is 18.2 Å². The second-order valence-electron chi connectivity index (χ2n) is 5.49. The molecule has 0 aromatic heterocycles. The van der Waals surface area contributed by atoms with Crippen molar-refractivity contribution in [1.82, 2.24) is 0 Å². The van der Waals surface area contributed by atoms with Gasteiger partial charge < -0.3 is 5.11 Å². The van der Waals surface area contributed by atoms with Crippen molar-refractivity contribution in [1.29, 1.82) is 0 Å². The van der Waals surface area contributed by atoms with Crippen LogP contribution < -0.4 is 0 Å². The van der Waals surface area contributed by atoms with Gasteiger partial charge in [0.15, 0.2) is 0 Å². The number of aliphatic hydroxyl groups excluding tert-OH is 1. The van der Waals surface area contributed by atoms with Gasteiger partial charge in [-0.15, -0.1) is 0 Å². The lowest BCUT2D eigenvalue weighted by molar-refractivity contribution is 0.0849. The molecule has 0 aliphatic heterocycles. The van der Waals surface area contributed by atoms with E-state index in [0.717, 1.165) is 12.8 Å². The number of halogens is 2. The molecule has 0 bridgehead atoms. The van der Waals surface area contributed by atoms with Crippen LogP contribution >= 0.6 is 22.6 Å². The first-order chi connectivity index (χ1) is 9.29. The maximum Gasteiger partial charge on any atom is 0.150 e. The summed E-state index contributed by atoms with van der Waals surface area (Å²) < 4.78 is 37.1. The molecule has 1 aromatic rings. The van der Waals surface area contributed by atoms with E-state index in [1.807, 2.05) is 22.6 Å². The smallest absolute Gasteiger partial charge is 0.150 e. The number of hydrogen-bond acceptors (Lipinski definition) is 3. The number of rotatable bonds is 3. The molecule has 0 heterocycles.